The Morgan fingerprint density at radius 3 is 2.26 bits per heavy atom. The Balaban J connectivity index is 2.50. The molecule has 0 aromatic carbocycles. The number of thioether (sulfide) groups is 1. The summed E-state index contributed by atoms with van der Waals surface area (Å²) in [5.41, 5.74) is 1.98. The third-order valence-electron chi connectivity index (χ3n) is 3.84. The topological polar surface area (TPSA) is 92.2 Å². The highest BCUT2D eigenvalue weighted by molar-refractivity contribution is 7.98. The van der Waals surface area contributed by atoms with E-state index in [1.807, 2.05) is 20.1 Å². The van der Waals surface area contributed by atoms with Crippen LogP contribution in [0.15, 0.2) is 5.16 Å². The number of carbonyl (C=O) groups excluding carboxylic acids is 1. The van der Waals surface area contributed by atoms with Crippen LogP contribution in [0.5, 0.6) is 0 Å². The summed E-state index contributed by atoms with van der Waals surface area (Å²) < 4.78 is 0. The lowest BCUT2D eigenvalue weighted by Crippen LogP contribution is -2.32. The molecule has 0 aliphatic rings. The fourth-order valence-corrected chi connectivity index (χ4v) is 2.57. The zero-order chi connectivity index (χ0) is 17.6. The highest BCUT2D eigenvalue weighted by Crippen LogP contribution is 2.19. The van der Waals surface area contributed by atoms with E-state index in [2.05, 4.69) is 15.3 Å². The molecule has 0 aliphatic heterocycles. The highest BCUT2D eigenvalue weighted by atomic mass is 32.2. The van der Waals surface area contributed by atoms with Crippen molar-refractivity contribution in [1.82, 2.24) is 15.3 Å². The third-order valence-corrected chi connectivity index (χ3v) is 4.38. The molecule has 1 aromatic rings. The molecule has 1 rings (SSSR count). The number of nitrogens with zero attached hydrogens (tertiary/aromatic N) is 2. The SMILES string of the molecule is CSc1nc(C)c(CCC(=O)NCCC(C)(C)C(=O)O)c(C)n1. The molecule has 0 spiro atoms. The van der Waals surface area contributed by atoms with Crippen LogP contribution in [-0.4, -0.2) is 39.8 Å². The summed E-state index contributed by atoms with van der Waals surface area (Å²) in [6.07, 6.45) is 3.26. The fraction of sp³-hybridized carbons (Fsp3) is 0.625. The largest absolute Gasteiger partial charge is 0.481 e. The Morgan fingerprint density at radius 1 is 1.22 bits per heavy atom. The number of hydrogen-bond donors (Lipinski definition) is 2. The molecule has 23 heavy (non-hydrogen) atoms. The second kappa shape index (κ2) is 8.29. The van der Waals surface area contributed by atoms with E-state index >= 15 is 0 Å². The fourth-order valence-electron chi connectivity index (χ4n) is 2.11. The summed E-state index contributed by atoms with van der Waals surface area (Å²) in [5.74, 6) is -0.942. The number of aliphatic carboxylic acids is 1. The van der Waals surface area contributed by atoms with E-state index in [1.165, 1.54) is 11.8 Å². The number of carbonyl (C=O) groups is 2. The first-order chi connectivity index (χ1) is 10.7. The minimum Gasteiger partial charge on any atom is -0.481 e. The molecule has 0 fully saturated rings. The summed E-state index contributed by atoms with van der Waals surface area (Å²) in [6, 6.07) is 0. The van der Waals surface area contributed by atoms with E-state index in [9.17, 15) is 9.59 Å². The number of aryl methyl sites for hydroxylation is 2. The van der Waals surface area contributed by atoms with E-state index < -0.39 is 11.4 Å². The van der Waals surface area contributed by atoms with Crippen LogP contribution >= 0.6 is 11.8 Å². The Kier molecular flexibility index (Phi) is 7.00. The molecular formula is C16H25N3O3S. The molecule has 0 unspecified atom stereocenters. The van der Waals surface area contributed by atoms with E-state index in [4.69, 9.17) is 5.11 Å². The van der Waals surface area contributed by atoms with Gasteiger partial charge in [-0.1, -0.05) is 11.8 Å². The zero-order valence-electron chi connectivity index (χ0n) is 14.4. The number of carboxylic acid groups (broad SMARTS) is 1. The van der Waals surface area contributed by atoms with Crippen molar-refractivity contribution in [1.29, 1.82) is 0 Å². The molecule has 1 aromatic heterocycles. The van der Waals surface area contributed by atoms with Crippen LogP contribution in [0.3, 0.4) is 0 Å². The summed E-state index contributed by atoms with van der Waals surface area (Å²) in [5, 5.41) is 12.6. The van der Waals surface area contributed by atoms with Crippen molar-refractivity contribution in [2.75, 3.05) is 12.8 Å². The average Bonchev–Trinajstić information content (AvgIpc) is 2.45. The van der Waals surface area contributed by atoms with Crippen LogP contribution in [0.1, 0.15) is 43.6 Å². The van der Waals surface area contributed by atoms with Gasteiger partial charge in [-0.3, -0.25) is 9.59 Å². The standard InChI is InChI=1S/C16H25N3O3S/c1-10-12(11(2)19-15(18-10)23-5)6-7-13(20)17-9-8-16(3,4)14(21)22/h6-9H2,1-5H3,(H,17,20)(H,21,22). The summed E-state index contributed by atoms with van der Waals surface area (Å²) in [4.78, 5) is 31.7. The van der Waals surface area contributed by atoms with Gasteiger partial charge in [0, 0.05) is 24.4 Å². The van der Waals surface area contributed by atoms with Crippen LogP contribution in [0.25, 0.3) is 0 Å². The molecule has 0 saturated carbocycles. The first-order valence-electron chi connectivity index (χ1n) is 7.55. The maximum Gasteiger partial charge on any atom is 0.309 e. The molecule has 0 aliphatic carbocycles. The Hall–Kier alpha value is -1.63. The normalized spacial score (nSPS) is 11.3. The van der Waals surface area contributed by atoms with Gasteiger partial charge in [-0.2, -0.15) is 0 Å². The molecule has 0 atom stereocenters. The quantitative estimate of drug-likeness (QED) is 0.558. The second-order valence-corrected chi connectivity index (χ2v) is 6.92. The smallest absolute Gasteiger partial charge is 0.309 e. The van der Waals surface area contributed by atoms with Gasteiger partial charge in [-0.25, -0.2) is 9.97 Å². The number of rotatable bonds is 8. The molecular weight excluding hydrogens is 314 g/mol. The van der Waals surface area contributed by atoms with Crippen molar-refractivity contribution in [2.45, 2.75) is 52.1 Å². The van der Waals surface area contributed by atoms with Gasteiger partial charge in [0.1, 0.15) is 0 Å². The number of aromatic nitrogens is 2. The van der Waals surface area contributed by atoms with Crippen LogP contribution in [0, 0.1) is 19.3 Å². The number of carboxylic acids is 1. The second-order valence-electron chi connectivity index (χ2n) is 6.15. The molecule has 7 heteroatoms. The van der Waals surface area contributed by atoms with Gasteiger partial charge in [-0.15, -0.1) is 0 Å². The van der Waals surface area contributed by atoms with Gasteiger partial charge in [0.15, 0.2) is 5.16 Å². The molecule has 1 heterocycles. The predicted molar refractivity (Wildman–Crippen MR) is 90.7 cm³/mol. The Labute approximate surface area is 141 Å². The van der Waals surface area contributed by atoms with Gasteiger partial charge in [-0.05, 0) is 52.4 Å². The van der Waals surface area contributed by atoms with Crippen LogP contribution in [0.2, 0.25) is 0 Å². The molecule has 0 radical (unpaired) electrons. The molecule has 0 bridgehead atoms. The lowest BCUT2D eigenvalue weighted by molar-refractivity contribution is -0.147. The maximum atomic E-state index is 11.9. The lowest BCUT2D eigenvalue weighted by atomic mass is 9.90. The zero-order valence-corrected chi connectivity index (χ0v) is 15.2. The van der Waals surface area contributed by atoms with Gasteiger partial charge in [0.25, 0.3) is 0 Å². The molecule has 2 N–H and O–H groups in total. The number of hydrogen-bond acceptors (Lipinski definition) is 5. The van der Waals surface area contributed by atoms with Gasteiger partial charge < -0.3 is 10.4 Å². The third kappa shape index (κ3) is 5.82. The van der Waals surface area contributed by atoms with Gasteiger partial charge >= 0.3 is 5.97 Å². The Morgan fingerprint density at radius 2 is 1.78 bits per heavy atom. The van der Waals surface area contributed by atoms with E-state index in [1.54, 1.807) is 13.8 Å². The minimum atomic E-state index is -0.857. The van der Waals surface area contributed by atoms with Gasteiger partial charge in [0.2, 0.25) is 5.91 Å². The molecule has 1 amide bonds. The maximum absolute atomic E-state index is 11.9. The molecule has 128 valence electrons. The first-order valence-corrected chi connectivity index (χ1v) is 8.78. The summed E-state index contributed by atoms with van der Waals surface area (Å²) >= 11 is 1.50. The van der Waals surface area contributed by atoms with Crippen molar-refractivity contribution >= 4 is 23.6 Å². The van der Waals surface area contributed by atoms with E-state index in [0.717, 1.165) is 22.1 Å². The summed E-state index contributed by atoms with van der Waals surface area (Å²) in [7, 11) is 0. The Bertz CT molecular complexity index is 565. The van der Waals surface area contributed by atoms with Crippen molar-refractivity contribution in [2.24, 2.45) is 5.41 Å². The average molecular weight is 339 g/mol. The van der Waals surface area contributed by atoms with Crippen LogP contribution < -0.4 is 5.32 Å². The first kappa shape index (κ1) is 19.4. The van der Waals surface area contributed by atoms with E-state index in [-0.39, 0.29) is 5.91 Å². The minimum absolute atomic E-state index is 0.0843. The number of amides is 1. The molecule has 0 saturated heterocycles. The van der Waals surface area contributed by atoms with Crippen molar-refractivity contribution in [3.63, 3.8) is 0 Å². The van der Waals surface area contributed by atoms with Crippen molar-refractivity contribution < 1.29 is 14.7 Å². The predicted octanol–water partition coefficient (Wildman–Crippen LogP) is 2.37. The molecule has 6 nitrogen and oxygen atoms in total. The van der Waals surface area contributed by atoms with Crippen molar-refractivity contribution in [3.05, 3.63) is 17.0 Å². The van der Waals surface area contributed by atoms with Crippen molar-refractivity contribution in [3.8, 4) is 0 Å². The van der Waals surface area contributed by atoms with Crippen LogP contribution in [0.4, 0.5) is 0 Å². The monoisotopic (exact) mass is 339 g/mol. The highest BCUT2D eigenvalue weighted by Gasteiger charge is 2.26. The number of nitrogens with one attached hydrogen (secondary N) is 1. The summed E-state index contributed by atoms with van der Waals surface area (Å²) in [6.45, 7) is 7.52. The van der Waals surface area contributed by atoms with E-state index in [0.29, 0.717) is 25.8 Å². The van der Waals surface area contributed by atoms with Crippen LogP contribution in [-0.2, 0) is 16.0 Å². The van der Waals surface area contributed by atoms with Gasteiger partial charge in [0.05, 0.1) is 5.41 Å². The lowest BCUT2D eigenvalue weighted by Gasteiger charge is -2.19.